The molecule has 27 heavy (non-hydrogen) atoms. The summed E-state index contributed by atoms with van der Waals surface area (Å²) in [6, 6.07) is 16.4. The highest BCUT2D eigenvalue weighted by molar-refractivity contribution is 5.99. The van der Waals surface area contributed by atoms with Gasteiger partial charge in [0.05, 0.1) is 0 Å². The van der Waals surface area contributed by atoms with E-state index >= 15 is 0 Å². The number of likely N-dealkylation sites (tertiary alicyclic amines) is 1. The number of aryl methyl sites for hydroxylation is 1. The van der Waals surface area contributed by atoms with Crippen molar-refractivity contribution in [3.05, 3.63) is 65.2 Å². The Bertz CT molecular complexity index is 839. The molecule has 0 aliphatic carbocycles. The van der Waals surface area contributed by atoms with Crippen LogP contribution in [0.4, 0.5) is 5.69 Å². The molecule has 0 unspecified atom stereocenters. The molecule has 0 atom stereocenters. The van der Waals surface area contributed by atoms with Crippen LogP contribution in [0.25, 0.3) is 0 Å². The number of rotatable bonds is 3. The number of carbonyl (C=O) groups excluding carboxylic acids is 2. The van der Waals surface area contributed by atoms with Gasteiger partial charge in [-0.15, -0.1) is 0 Å². The first-order valence-corrected chi connectivity index (χ1v) is 9.84. The van der Waals surface area contributed by atoms with Gasteiger partial charge in [0, 0.05) is 37.8 Å². The van der Waals surface area contributed by atoms with Gasteiger partial charge in [0.15, 0.2) is 0 Å². The maximum Gasteiger partial charge on any atom is 0.253 e. The van der Waals surface area contributed by atoms with Crippen molar-refractivity contribution < 1.29 is 9.59 Å². The van der Waals surface area contributed by atoms with Gasteiger partial charge in [-0.1, -0.05) is 30.3 Å². The van der Waals surface area contributed by atoms with E-state index in [9.17, 15) is 9.59 Å². The summed E-state index contributed by atoms with van der Waals surface area (Å²) in [6.07, 6.45) is 4.46. The van der Waals surface area contributed by atoms with Crippen LogP contribution in [0.2, 0.25) is 0 Å². The van der Waals surface area contributed by atoms with Crippen molar-refractivity contribution in [3.63, 3.8) is 0 Å². The van der Waals surface area contributed by atoms with Crippen LogP contribution in [0.1, 0.15) is 40.7 Å². The molecule has 140 valence electrons. The van der Waals surface area contributed by atoms with Crippen LogP contribution >= 0.6 is 0 Å². The largest absolute Gasteiger partial charge is 0.339 e. The number of hydrogen-bond acceptors (Lipinski definition) is 2. The third-order valence-corrected chi connectivity index (χ3v) is 5.94. The molecule has 2 aromatic rings. The Balaban J connectivity index is 1.39. The number of hydrogen-bond donors (Lipinski definition) is 0. The summed E-state index contributed by atoms with van der Waals surface area (Å²) in [5, 5.41) is 0. The predicted octanol–water partition coefficient (Wildman–Crippen LogP) is 3.69. The highest BCUT2D eigenvalue weighted by Crippen LogP contribution is 2.29. The van der Waals surface area contributed by atoms with Crippen molar-refractivity contribution in [1.29, 1.82) is 0 Å². The van der Waals surface area contributed by atoms with E-state index in [0.717, 1.165) is 55.6 Å². The number of carbonyl (C=O) groups is 2. The highest BCUT2D eigenvalue weighted by Gasteiger charge is 2.26. The number of nitrogens with zero attached hydrogens (tertiary/aromatic N) is 2. The van der Waals surface area contributed by atoms with E-state index in [1.165, 1.54) is 5.56 Å². The second-order valence-electron chi connectivity index (χ2n) is 7.72. The van der Waals surface area contributed by atoms with Gasteiger partial charge < -0.3 is 9.80 Å². The van der Waals surface area contributed by atoms with Crippen LogP contribution in [0.15, 0.2) is 48.5 Å². The SMILES string of the molecule is CN1C(=O)CCc2cc(C(=O)N3CCC(Cc4ccccc4)CC3)ccc21. The zero-order valence-corrected chi connectivity index (χ0v) is 15.9. The zero-order valence-electron chi connectivity index (χ0n) is 15.9. The van der Waals surface area contributed by atoms with Gasteiger partial charge in [-0.25, -0.2) is 0 Å². The van der Waals surface area contributed by atoms with Gasteiger partial charge in [0.2, 0.25) is 5.91 Å². The molecule has 0 N–H and O–H groups in total. The van der Waals surface area contributed by atoms with E-state index in [1.807, 2.05) is 23.1 Å². The molecule has 2 aliphatic heterocycles. The highest BCUT2D eigenvalue weighted by atomic mass is 16.2. The smallest absolute Gasteiger partial charge is 0.253 e. The Morgan fingerprint density at radius 2 is 1.78 bits per heavy atom. The van der Waals surface area contributed by atoms with Crippen molar-refractivity contribution >= 4 is 17.5 Å². The van der Waals surface area contributed by atoms with E-state index < -0.39 is 0 Å². The van der Waals surface area contributed by atoms with Crippen molar-refractivity contribution in [3.8, 4) is 0 Å². The molecular formula is C23H26N2O2. The first-order chi connectivity index (χ1) is 13.1. The Labute approximate surface area is 160 Å². The van der Waals surface area contributed by atoms with Crippen LogP contribution < -0.4 is 4.90 Å². The van der Waals surface area contributed by atoms with Gasteiger partial charge in [-0.3, -0.25) is 9.59 Å². The van der Waals surface area contributed by atoms with E-state index in [4.69, 9.17) is 0 Å². The molecule has 4 heteroatoms. The third kappa shape index (κ3) is 3.75. The maximum absolute atomic E-state index is 12.9. The molecule has 0 saturated carbocycles. The molecule has 2 amide bonds. The lowest BCUT2D eigenvalue weighted by molar-refractivity contribution is -0.118. The van der Waals surface area contributed by atoms with E-state index in [0.29, 0.717) is 12.3 Å². The molecule has 1 saturated heterocycles. The minimum absolute atomic E-state index is 0.121. The average molecular weight is 362 g/mol. The molecule has 0 spiro atoms. The lowest BCUT2D eigenvalue weighted by Crippen LogP contribution is -2.39. The second kappa shape index (κ2) is 7.55. The van der Waals surface area contributed by atoms with Crippen LogP contribution in [-0.4, -0.2) is 36.9 Å². The summed E-state index contributed by atoms with van der Waals surface area (Å²) in [4.78, 5) is 28.5. The van der Waals surface area contributed by atoms with E-state index in [-0.39, 0.29) is 11.8 Å². The Morgan fingerprint density at radius 1 is 1.04 bits per heavy atom. The fourth-order valence-corrected chi connectivity index (χ4v) is 4.26. The molecule has 0 aromatic heterocycles. The fraction of sp³-hybridized carbons (Fsp3) is 0.391. The summed E-state index contributed by atoms with van der Waals surface area (Å²) >= 11 is 0. The minimum atomic E-state index is 0.121. The quantitative estimate of drug-likeness (QED) is 0.835. The molecule has 0 radical (unpaired) electrons. The summed E-state index contributed by atoms with van der Waals surface area (Å²) in [5.41, 5.74) is 4.17. The topological polar surface area (TPSA) is 40.6 Å². The lowest BCUT2D eigenvalue weighted by Gasteiger charge is -2.32. The minimum Gasteiger partial charge on any atom is -0.339 e. The maximum atomic E-state index is 12.9. The normalized spacial score (nSPS) is 17.7. The van der Waals surface area contributed by atoms with Gasteiger partial charge in [-0.05, 0) is 60.9 Å². The summed E-state index contributed by atoms with van der Waals surface area (Å²) < 4.78 is 0. The van der Waals surface area contributed by atoms with Gasteiger partial charge in [-0.2, -0.15) is 0 Å². The second-order valence-corrected chi connectivity index (χ2v) is 7.72. The van der Waals surface area contributed by atoms with Crippen LogP contribution in [-0.2, 0) is 17.6 Å². The number of benzene rings is 2. The van der Waals surface area contributed by atoms with Gasteiger partial charge >= 0.3 is 0 Å². The number of amides is 2. The standard InChI is InChI=1S/C23H26N2O2/c1-24-21-9-7-20(16-19(21)8-10-22(24)26)23(27)25-13-11-18(12-14-25)15-17-5-3-2-4-6-17/h2-7,9,16,18H,8,10-15H2,1H3. The number of fused-ring (bicyclic) bond motifs is 1. The van der Waals surface area contributed by atoms with Crippen molar-refractivity contribution in [2.45, 2.75) is 32.1 Å². The molecular weight excluding hydrogens is 336 g/mol. The average Bonchev–Trinajstić information content (AvgIpc) is 2.71. The molecule has 1 fully saturated rings. The van der Waals surface area contributed by atoms with Crippen molar-refractivity contribution in [2.75, 3.05) is 25.0 Å². The molecule has 4 rings (SSSR count). The van der Waals surface area contributed by atoms with Crippen LogP contribution in [0.3, 0.4) is 0 Å². The van der Waals surface area contributed by atoms with Crippen LogP contribution in [0, 0.1) is 5.92 Å². The van der Waals surface area contributed by atoms with Crippen LogP contribution in [0.5, 0.6) is 0 Å². The number of piperidine rings is 1. The fourth-order valence-electron chi connectivity index (χ4n) is 4.26. The number of anilines is 1. The first kappa shape index (κ1) is 17.8. The summed E-state index contributed by atoms with van der Waals surface area (Å²) in [5.74, 6) is 0.914. The van der Waals surface area contributed by atoms with Gasteiger partial charge in [0.1, 0.15) is 0 Å². The molecule has 4 nitrogen and oxygen atoms in total. The Kier molecular flexibility index (Phi) is 4.97. The molecule has 2 aromatic carbocycles. The van der Waals surface area contributed by atoms with E-state index in [1.54, 1.807) is 11.9 Å². The monoisotopic (exact) mass is 362 g/mol. The first-order valence-electron chi connectivity index (χ1n) is 9.84. The predicted molar refractivity (Wildman–Crippen MR) is 107 cm³/mol. The zero-order chi connectivity index (χ0) is 18.8. The lowest BCUT2D eigenvalue weighted by atomic mass is 9.90. The summed E-state index contributed by atoms with van der Waals surface area (Å²) in [6.45, 7) is 1.65. The Hall–Kier alpha value is -2.62. The molecule has 0 bridgehead atoms. The third-order valence-electron chi connectivity index (χ3n) is 5.94. The summed E-state index contributed by atoms with van der Waals surface area (Å²) in [7, 11) is 1.80. The van der Waals surface area contributed by atoms with Gasteiger partial charge in [0.25, 0.3) is 5.91 Å². The molecule has 2 heterocycles. The van der Waals surface area contributed by atoms with Crippen molar-refractivity contribution in [2.24, 2.45) is 5.92 Å². The van der Waals surface area contributed by atoms with E-state index in [2.05, 4.69) is 30.3 Å². The molecule has 2 aliphatic rings. The van der Waals surface area contributed by atoms with Crippen molar-refractivity contribution in [1.82, 2.24) is 4.90 Å². The Morgan fingerprint density at radius 3 is 2.52 bits per heavy atom.